The highest BCUT2D eigenvalue weighted by molar-refractivity contribution is 7.80. The molecule has 4 rings (SSSR count). The summed E-state index contributed by atoms with van der Waals surface area (Å²) in [5.74, 6) is -0.181. The first kappa shape index (κ1) is 20.3. The molecular weight excluding hydrogens is 422 g/mol. The van der Waals surface area contributed by atoms with Gasteiger partial charge in [-0.2, -0.15) is 0 Å². The number of thiol groups is 2. The number of hydrogen-bond acceptors (Lipinski definition) is 8. The van der Waals surface area contributed by atoms with Gasteiger partial charge in [0.25, 0.3) is 0 Å². The second kappa shape index (κ2) is 8.80. The van der Waals surface area contributed by atoms with Crippen LogP contribution in [0.25, 0.3) is 5.69 Å². The standard InChI is InChI=1S/C20H19N5O3S2/c26-18(27)11-24-8-2-3-13-9-16(6-7-17(13)24)28-12-21-14-4-1-5-15(10-14)25-19(29)22-23-20(25)30/h1,4-7,9-10,12H,2-3,8,11H2,(H,22,29)(H,23,30)(H,26,27)/b21-12+. The Kier molecular flexibility index (Phi) is 5.96. The van der Waals surface area contributed by atoms with E-state index in [-0.39, 0.29) is 6.54 Å². The molecule has 10 heteroatoms. The quantitative estimate of drug-likeness (QED) is 0.308. The molecule has 1 aliphatic rings. The Bertz CT molecular complexity index is 1100. The Hall–Kier alpha value is -2.98. The minimum Gasteiger partial charge on any atom is -0.480 e. The van der Waals surface area contributed by atoms with Crippen molar-refractivity contribution in [2.24, 2.45) is 4.99 Å². The van der Waals surface area contributed by atoms with Crippen LogP contribution < -0.4 is 9.64 Å². The van der Waals surface area contributed by atoms with Gasteiger partial charge in [0, 0.05) is 12.2 Å². The number of fused-ring (bicyclic) bond motifs is 1. The number of carboxylic acid groups (broad SMARTS) is 1. The van der Waals surface area contributed by atoms with Gasteiger partial charge in [0.2, 0.25) is 0 Å². The number of aliphatic carboxylic acids is 1. The van der Waals surface area contributed by atoms with Crippen LogP contribution in [0.4, 0.5) is 11.4 Å². The number of aryl methyl sites for hydroxylation is 1. The van der Waals surface area contributed by atoms with E-state index in [9.17, 15) is 4.79 Å². The van der Waals surface area contributed by atoms with Crippen LogP contribution in [0.3, 0.4) is 0 Å². The van der Waals surface area contributed by atoms with Crippen molar-refractivity contribution in [2.45, 2.75) is 23.2 Å². The van der Waals surface area contributed by atoms with Gasteiger partial charge >= 0.3 is 5.97 Å². The summed E-state index contributed by atoms with van der Waals surface area (Å²) in [6, 6.07) is 13.1. The predicted octanol–water partition coefficient (Wildman–Crippen LogP) is 3.42. The molecule has 0 amide bonds. The summed E-state index contributed by atoms with van der Waals surface area (Å²) >= 11 is 8.58. The molecule has 0 atom stereocenters. The fraction of sp³-hybridized carbons (Fsp3) is 0.200. The molecule has 0 saturated heterocycles. The Balaban J connectivity index is 1.48. The number of carbonyl (C=O) groups is 1. The maximum absolute atomic E-state index is 11.1. The molecule has 0 aliphatic carbocycles. The maximum atomic E-state index is 11.1. The van der Waals surface area contributed by atoms with Crippen molar-refractivity contribution in [1.82, 2.24) is 14.8 Å². The zero-order valence-electron chi connectivity index (χ0n) is 15.8. The van der Waals surface area contributed by atoms with Crippen LogP contribution in [0.5, 0.6) is 5.75 Å². The molecule has 2 aromatic carbocycles. The topological polar surface area (TPSA) is 92.8 Å². The molecule has 0 saturated carbocycles. The molecule has 1 aliphatic heterocycles. The van der Waals surface area contributed by atoms with Gasteiger partial charge in [-0.05, 0) is 54.8 Å². The fourth-order valence-corrected chi connectivity index (χ4v) is 4.00. The van der Waals surface area contributed by atoms with Crippen LogP contribution in [0.1, 0.15) is 12.0 Å². The lowest BCUT2D eigenvalue weighted by molar-refractivity contribution is -0.135. The molecule has 0 unspecified atom stereocenters. The van der Waals surface area contributed by atoms with Crippen LogP contribution in [0, 0.1) is 0 Å². The molecule has 0 bridgehead atoms. The SMILES string of the molecule is O=C(O)CN1CCCc2cc(O/C=N/c3cccc(-n4c(S)nnc4S)c3)ccc21. The highest BCUT2D eigenvalue weighted by Gasteiger charge is 2.19. The molecule has 154 valence electrons. The lowest BCUT2D eigenvalue weighted by atomic mass is 10.0. The maximum Gasteiger partial charge on any atom is 0.323 e. The minimum absolute atomic E-state index is 0.000561. The average Bonchev–Trinajstić information content (AvgIpc) is 3.06. The van der Waals surface area contributed by atoms with Crippen molar-refractivity contribution in [3.8, 4) is 11.4 Å². The lowest BCUT2D eigenvalue weighted by Crippen LogP contribution is -2.34. The van der Waals surface area contributed by atoms with Gasteiger partial charge in [-0.3, -0.25) is 9.36 Å². The third kappa shape index (κ3) is 4.44. The number of aliphatic imine (C=N–C) groups is 1. The molecular formula is C20H19N5O3S2. The molecule has 1 N–H and O–H groups in total. The van der Waals surface area contributed by atoms with E-state index in [1.807, 2.05) is 47.4 Å². The highest BCUT2D eigenvalue weighted by atomic mass is 32.1. The van der Waals surface area contributed by atoms with E-state index in [1.54, 1.807) is 4.57 Å². The van der Waals surface area contributed by atoms with E-state index in [4.69, 9.17) is 9.84 Å². The summed E-state index contributed by atoms with van der Waals surface area (Å²) < 4.78 is 7.38. The van der Waals surface area contributed by atoms with E-state index >= 15 is 0 Å². The number of aromatic nitrogens is 3. The van der Waals surface area contributed by atoms with E-state index in [0.717, 1.165) is 36.3 Å². The molecule has 0 fully saturated rings. The van der Waals surface area contributed by atoms with E-state index in [0.29, 0.717) is 21.7 Å². The third-order valence-electron chi connectivity index (χ3n) is 4.70. The Morgan fingerprint density at radius 1 is 1.20 bits per heavy atom. The monoisotopic (exact) mass is 441 g/mol. The predicted molar refractivity (Wildman–Crippen MR) is 119 cm³/mol. The number of hydrogen-bond donors (Lipinski definition) is 3. The first-order chi connectivity index (χ1) is 14.5. The van der Waals surface area contributed by atoms with Crippen LogP contribution in [-0.2, 0) is 11.2 Å². The fourth-order valence-electron chi connectivity index (χ4n) is 3.41. The van der Waals surface area contributed by atoms with Gasteiger partial charge in [-0.25, -0.2) is 4.99 Å². The number of carboxylic acids is 1. The second-order valence-electron chi connectivity index (χ2n) is 6.72. The zero-order valence-corrected chi connectivity index (χ0v) is 17.6. The molecule has 2 heterocycles. The molecule has 3 aromatic rings. The van der Waals surface area contributed by atoms with Gasteiger partial charge in [0.15, 0.2) is 16.7 Å². The van der Waals surface area contributed by atoms with E-state index in [2.05, 4.69) is 40.4 Å². The molecule has 0 spiro atoms. The molecule has 8 nitrogen and oxygen atoms in total. The molecule has 1 aromatic heterocycles. The summed E-state index contributed by atoms with van der Waals surface area (Å²) in [4.78, 5) is 17.3. The van der Waals surface area contributed by atoms with E-state index in [1.165, 1.54) is 6.40 Å². The summed E-state index contributed by atoms with van der Waals surface area (Å²) in [5, 5.41) is 17.7. The van der Waals surface area contributed by atoms with Crippen molar-refractivity contribution in [2.75, 3.05) is 18.0 Å². The highest BCUT2D eigenvalue weighted by Crippen LogP contribution is 2.30. The largest absolute Gasteiger partial charge is 0.480 e. The summed E-state index contributed by atoms with van der Waals surface area (Å²) in [6.45, 7) is 0.741. The van der Waals surface area contributed by atoms with Crippen molar-refractivity contribution >= 4 is 49.0 Å². The van der Waals surface area contributed by atoms with Crippen molar-refractivity contribution in [1.29, 1.82) is 0 Å². The normalized spacial score (nSPS) is 13.5. The van der Waals surface area contributed by atoms with Gasteiger partial charge < -0.3 is 14.7 Å². The summed E-state index contributed by atoms with van der Waals surface area (Å²) in [6.07, 6.45) is 3.18. The van der Waals surface area contributed by atoms with E-state index < -0.39 is 5.97 Å². The van der Waals surface area contributed by atoms with Gasteiger partial charge in [0.1, 0.15) is 12.3 Å². The van der Waals surface area contributed by atoms with Crippen LogP contribution in [-0.4, -0.2) is 45.3 Å². The number of rotatable bonds is 6. The first-order valence-corrected chi connectivity index (χ1v) is 10.1. The van der Waals surface area contributed by atoms with Gasteiger partial charge in [0.05, 0.1) is 11.4 Å². The third-order valence-corrected chi connectivity index (χ3v) is 5.28. The zero-order chi connectivity index (χ0) is 21.1. The number of nitrogens with zero attached hydrogens (tertiary/aromatic N) is 5. The Morgan fingerprint density at radius 3 is 2.77 bits per heavy atom. The number of ether oxygens (including phenoxy) is 1. The first-order valence-electron chi connectivity index (χ1n) is 9.24. The van der Waals surface area contributed by atoms with Crippen molar-refractivity contribution < 1.29 is 14.6 Å². The van der Waals surface area contributed by atoms with Crippen LogP contribution in [0.2, 0.25) is 0 Å². The smallest absolute Gasteiger partial charge is 0.323 e. The molecule has 0 radical (unpaired) electrons. The Morgan fingerprint density at radius 2 is 2.00 bits per heavy atom. The minimum atomic E-state index is -0.834. The number of anilines is 1. The van der Waals surface area contributed by atoms with Crippen molar-refractivity contribution in [3.05, 3.63) is 48.0 Å². The number of benzene rings is 2. The average molecular weight is 442 g/mol. The summed E-state index contributed by atoms with van der Waals surface area (Å²) in [5.41, 5.74) is 3.49. The Labute approximate surface area is 184 Å². The van der Waals surface area contributed by atoms with Gasteiger partial charge in [-0.15, -0.1) is 35.5 Å². The lowest BCUT2D eigenvalue weighted by Gasteiger charge is -2.30. The molecule has 30 heavy (non-hydrogen) atoms. The van der Waals surface area contributed by atoms with Crippen molar-refractivity contribution in [3.63, 3.8) is 0 Å². The summed E-state index contributed by atoms with van der Waals surface area (Å²) in [7, 11) is 0. The van der Waals surface area contributed by atoms with Crippen LogP contribution in [0.15, 0.2) is 57.8 Å². The van der Waals surface area contributed by atoms with Crippen LogP contribution >= 0.6 is 25.3 Å². The van der Waals surface area contributed by atoms with Gasteiger partial charge in [-0.1, -0.05) is 6.07 Å². The second-order valence-corrected chi connectivity index (χ2v) is 7.52.